The minimum absolute atomic E-state index is 0.0322. The molecule has 0 aliphatic carbocycles. The topological polar surface area (TPSA) is 65.2 Å². The van der Waals surface area contributed by atoms with Crippen LogP contribution in [0.25, 0.3) is 0 Å². The van der Waals surface area contributed by atoms with Crippen LogP contribution in [0.4, 0.5) is 0 Å². The Hall–Kier alpha value is -1.55. The molecule has 0 atom stereocenters. The molecule has 0 fully saturated rings. The Bertz CT molecular complexity index is 335. The van der Waals surface area contributed by atoms with Crippen molar-refractivity contribution in [3.63, 3.8) is 0 Å². The molecule has 0 aromatic heterocycles. The molecule has 4 nitrogen and oxygen atoms in total. The fraction of sp³-hybridized carbons (Fsp3) is 0. The van der Waals surface area contributed by atoms with E-state index < -0.39 is 0 Å². The predicted octanol–water partition coefficient (Wildman–Crippen LogP) is 1.89. The van der Waals surface area contributed by atoms with Crippen molar-refractivity contribution in [2.24, 2.45) is 10.3 Å². The highest BCUT2D eigenvalue weighted by Gasteiger charge is 2.09. The summed E-state index contributed by atoms with van der Waals surface area (Å²) >= 11 is 5.48. The summed E-state index contributed by atoms with van der Waals surface area (Å²) in [6.07, 6.45) is 0. The lowest BCUT2D eigenvalue weighted by Gasteiger charge is -1.99. The van der Waals surface area contributed by atoms with Gasteiger partial charge in [-0.2, -0.15) is 0 Å². The quantitative estimate of drug-likeness (QED) is 0.433. The lowest BCUT2D eigenvalue weighted by molar-refractivity contribution is 0.315. The molecule has 0 amide bonds. The van der Waals surface area contributed by atoms with Crippen molar-refractivity contribution >= 4 is 22.5 Å². The van der Waals surface area contributed by atoms with Crippen LogP contribution in [0.2, 0.25) is 0 Å². The third kappa shape index (κ3) is 2.19. The van der Waals surface area contributed by atoms with E-state index in [4.69, 9.17) is 22.0 Å². The van der Waals surface area contributed by atoms with Crippen LogP contribution in [0.1, 0.15) is 5.56 Å². The molecular formula is C8H7ClN2O2. The number of oxime groups is 2. The van der Waals surface area contributed by atoms with Crippen LogP contribution in [-0.2, 0) is 0 Å². The van der Waals surface area contributed by atoms with E-state index >= 15 is 0 Å². The highest BCUT2D eigenvalue weighted by atomic mass is 35.5. The van der Waals surface area contributed by atoms with Crippen molar-refractivity contribution in [2.75, 3.05) is 0 Å². The molecule has 68 valence electrons. The van der Waals surface area contributed by atoms with Crippen LogP contribution in [-0.4, -0.2) is 21.3 Å². The molecule has 5 heteroatoms. The van der Waals surface area contributed by atoms with Gasteiger partial charge in [-0.15, -0.1) is 0 Å². The summed E-state index contributed by atoms with van der Waals surface area (Å²) < 4.78 is 0. The molecule has 0 radical (unpaired) electrons. The summed E-state index contributed by atoms with van der Waals surface area (Å²) in [7, 11) is 0. The molecule has 0 aliphatic rings. The minimum Gasteiger partial charge on any atom is -0.410 e. The van der Waals surface area contributed by atoms with Crippen molar-refractivity contribution in [1.82, 2.24) is 0 Å². The first kappa shape index (κ1) is 9.54. The number of rotatable bonds is 2. The van der Waals surface area contributed by atoms with Crippen molar-refractivity contribution in [1.29, 1.82) is 0 Å². The Kier molecular flexibility index (Phi) is 3.28. The van der Waals surface area contributed by atoms with E-state index in [0.717, 1.165) is 0 Å². The number of hydrogen-bond donors (Lipinski definition) is 2. The zero-order valence-electron chi connectivity index (χ0n) is 6.55. The molecule has 13 heavy (non-hydrogen) atoms. The smallest absolute Gasteiger partial charge is 0.197 e. The SMILES string of the molecule is ON=C(Cl)C(=NO)c1ccccc1. The van der Waals surface area contributed by atoms with Gasteiger partial charge < -0.3 is 10.4 Å². The second-order valence-corrected chi connectivity index (χ2v) is 2.56. The third-order valence-corrected chi connectivity index (χ3v) is 1.69. The number of nitrogens with zero attached hydrogens (tertiary/aromatic N) is 2. The average molecular weight is 199 g/mol. The molecule has 1 rings (SSSR count). The summed E-state index contributed by atoms with van der Waals surface area (Å²) in [6, 6.07) is 8.68. The fourth-order valence-electron chi connectivity index (χ4n) is 0.861. The third-order valence-electron chi connectivity index (χ3n) is 1.43. The Morgan fingerprint density at radius 3 is 2.15 bits per heavy atom. The van der Waals surface area contributed by atoms with Gasteiger partial charge in [-0.3, -0.25) is 0 Å². The fourth-order valence-corrected chi connectivity index (χ4v) is 1.01. The van der Waals surface area contributed by atoms with Gasteiger partial charge in [-0.1, -0.05) is 52.2 Å². The van der Waals surface area contributed by atoms with E-state index in [9.17, 15) is 0 Å². The van der Waals surface area contributed by atoms with Gasteiger partial charge in [0.05, 0.1) is 0 Å². The van der Waals surface area contributed by atoms with Gasteiger partial charge in [-0.05, 0) is 0 Å². The normalized spacial score (nSPS) is 13.0. The first-order valence-corrected chi connectivity index (χ1v) is 3.82. The lowest BCUT2D eigenvalue weighted by atomic mass is 10.1. The maximum absolute atomic E-state index is 8.59. The van der Waals surface area contributed by atoms with Crippen molar-refractivity contribution < 1.29 is 10.4 Å². The van der Waals surface area contributed by atoms with Gasteiger partial charge >= 0.3 is 0 Å². The lowest BCUT2D eigenvalue weighted by Crippen LogP contribution is -2.09. The Morgan fingerprint density at radius 1 is 1.08 bits per heavy atom. The highest BCUT2D eigenvalue weighted by molar-refractivity contribution is 6.85. The Labute approximate surface area is 79.8 Å². The van der Waals surface area contributed by atoms with Crippen LogP contribution in [0.15, 0.2) is 40.6 Å². The molecule has 0 unspecified atom stereocenters. The summed E-state index contributed by atoms with van der Waals surface area (Å²) in [6.45, 7) is 0. The number of benzene rings is 1. The van der Waals surface area contributed by atoms with E-state index in [1.807, 2.05) is 6.07 Å². The molecule has 0 spiro atoms. The van der Waals surface area contributed by atoms with Crippen LogP contribution in [0.5, 0.6) is 0 Å². The number of hydrogen-bond acceptors (Lipinski definition) is 4. The van der Waals surface area contributed by atoms with Crippen LogP contribution < -0.4 is 0 Å². The van der Waals surface area contributed by atoms with E-state index in [-0.39, 0.29) is 10.9 Å². The number of halogens is 1. The second-order valence-electron chi connectivity index (χ2n) is 2.21. The van der Waals surface area contributed by atoms with Crippen LogP contribution in [0, 0.1) is 0 Å². The molecule has 0 bridgehead atoms. The van der Waals surface area contributed by atoms with Crippen molar-refractivity contribution in [3.05, 3.63) is 35.9 Å². The van der Waals surface area contributed by atoms with E-state index in [1.54, 1.807) is 24.3 Å². The predicted molar refractivity (Wildman–Crippen MR) is 49.8 cm³/mol. The minimum atomic E-state index is -0.256. The van der Waals surface area contributed by atoms with Gasteiger partial charge in [0, 0.05) is 5.56 Å². The molecule has 0 saturated carbocycles. The first-order chi connectivity index (χ1) is 6.29. The molecule has 0 heterocycles. The molecule has 0 saturated heterocycles. The van der Waals surface area contributed by atoms with Gasteiger partial charge in [0.1, 0.15) is 0 Å². The Balaban J connectivity index is 3.07. The standard InChI is InChI=1S/C8H7ClN2O2/c9-8(11-13)7(10-12)6-4-2-1-3-5-6/h1-5,12-13H. The maximum Gasteiger partial charge on any atom is 0.197 e. The van der Waals surface area contributed by atoms with Crippen LogP contribution >= 0.6 is 11.6 Å². The molecule has 0 aliphatic heterocycles. The summed E-state index contributed by atoms with van der Waals surface area (Å²) in [5, 5.41) is 22.3. The molecule has 2 N–H and O–H groups in total. The van der Waals surface area contributed by atoms with E-state index in [1.165, 1.54) is 0 Å². The van der Waals surface area contributed by atoms with Crippen molar-refractivity contribution in [3.8, 4) is 0 Å². The monoisotopic (exact) mass is 198 g/mol. The average Bonchev–Trinajstić information content (AvgIpc) is 2.20. The first-order valence-electron chi connectivity index (χ1n) is 3.45. The van der Waals surface area contributed by atoms with Gasteiger partial charge in [-0.25, -0.2) is 0 Å². The molecule has 1 aromatic carbocycles. The summed E-state index contributed by atoms with van der Waals surface area (Å²) in [5.41, 5.74) is 0.609. The van der Waals surface area contributed by atoms with E-state index in [2.05, 4.69) is 10.3 Å². The van der Waals surface area contributed by atoms with E-state index in [0.29, 0.717) is 5.56 Å². The van der Waals surface area contributed by atoms with Gasteiger partial charge in [0.2, 0.25) is 0 Å². The summed E-state index contributed by atoms with van der Waals surface area (Å²) in [4.78, 5) is 0. The zero-order valence-corrected chi connectivity index (χ0v) is 7.31. The van der Waals surface area contributed by atoms with Gasteiger partial charge in [0.25, 0.3) is 0 Å². The van der Waals surface area contributed by atoms with Crippen LogP contribution in [0.3, 0.4) is 0 Å². The Morgan fingerprint density at radius 2 is 1.69 bits per heavy atom. The summed E-state index contributed by atoms with van der Waals surface area (Å²) in [5.74, 6) is 0. The molecule has 1 aromatic rings. The largest absolute Gasteiger partial charge is 0.410 e. The highest BCUT2D eigenvalue weighted by Crippen LogP contribution is 2.04. The molecular weight excluding hydrogens is 192 g/mol. The van der Waals surface area contributed by atoms with Gasteiger partial charge in [0.15, 0.2) is 10.9 Å². The zero-order chi connectivity index (χ0) is 9.68. The second kappa shape index (κ2) is 4.47. The maximum atomic E-state index is 8.59. The van der Waals surface area contributed by atoms with Crippen molar-refractivity contribution in [2.45, 2.75) is 0 Å².